The second-order valence-corrected chi connectivity index (χ2v) is 14.8. The fourth-order valence-electron chi connectivity index (χ4n) is 5.48. The molecule has 0 heterocycles. The zero-order chi connectivity index (χ0) is 21.3. The zero-order valence-electron chi connectivity index (χ0n) is 18.6. The number of carbonyl (C=O) groups excluding carboxylic acids is 2. The van der Waals surface area contributed by atoms with Crippen molar-refractivity contribution in [1.82, 2.24) is 0 Å². The van der Waals surface area contributed by atoms with Crippen molar-refractivity contribution in [2.24, 2.45) is 11.8 Å². The third kappa shape index (κ3) is 3.92. The van der Waals surface area contributed by atoms with E-state index >= 15 is 0 Å². The smallest absolute Gasteiger partial charge is 0.258 e. The van der Waals surface area contributed by atoms with E-state index in [1.54, 1.807) is 6.08 Å². The fraction of sp³-hybridized carbons (Fsp3) is 0.520. The van der Waals surface area contributed by atoms with Gasteiger partial charge in [0.15, 0.2) is 11.6 Å². The fourth-order valence-corrected chi connectivity index (χ4v) is 10.8. The Bertz CT molecular complexity index is 811. The number of Topliss-reactive ketones (excluding diaryl/α,β-unsaturated/α-hetero) is 1. The third-order valence-electron chi connectivity index (χ3n) is 6.86. The quantitative estimate of drug-likeness (QED) is 0.515. The molecule has 1 aromatic rings. The molecule has 1 aromatic carbocycles. The minimum atomic E-state index is -2.07. The van der Waals surface area contributed by atoms with Crippen molar-refractivity contribution in [3.63, 3.8) is 0 Å². The topological polar surface area (TPSA) is 43.4 Å². The van der Waals surface area contributed by atoms with Gasteiger partial charge in [-0.05, 0) is 40.8 Å². The van der Waals surface area contributed by atoms with Crippen LogP contribution in [0.2, 0.25) is 16.6 Å². The first-order valence-corrected chi connectivity index (χ1v) is 13.1. The molecule has 0 fully saturated rings. The van der Waals surface area contributed by atoms with Gasteiger partial charge in [0.05, 0.1) is 5.76 Å². The summed E-state index contributed by atoms with van der Waals surface area (Å²) in [7, 11) is -2.07. The van der Waals surface area contributed by atoms with Crippen molar-refractivity contribution in [2.45, 2.75) is 71.0 Å². The molecule has 0 aromatic heterocycles. The zero-order valence-corrected chi connectivity index (χ0v) is 19.6. The van der Waals surface area contributed by atoms with Crippen LogP contribution in [-0.4, -0.2) is 19.9 Å². The van der Waals surface area contributed by atoms with Crippen LogP contribution in [0.25, 0.3) is 5.57 Å². The van der Waals surface area contributed by atoms with Crippen LogP contribution in [0.4, 0.5) is 0 Å². The van der Waals surface area contributed by atoms with Gasteiger partial charge in [0.25, 0.3) is 8.32 Å². The molecule has 4 heteroatoms. The van der Waals surface area contributed by atoms with E-state index < -0.39 is 8.32 Å². The van der Waals surface area contributed by atoms with Gasteiger partial charge in [0, 0.05) is 23.8 Å². The highest BCUT2D eigenvalue weighted by Crippen LogP contribution is 2.46. The number of fused-ring (bicyclic) bond motifs is 1. The van der Waals surface area contributed by atoms with E-state index in [0.717, 1.165) is 11.3 Å². The van der Waals surface area contributed by atoms with Crippen LogP contribution in [0.15, 0.2) is 48.2 Å². The highest BCUT2D eigenvalue weighted by molar-refractivity contribution is 6.77. The lowest BCUT2D eigenvalue weighted by molar-refractivity contribution is -0.128. The molecule has 0 saturated carbocycles. The highest BCUT2D eigenvalue weighted by atomic mass is 28.4. The first kappa shape index (κ1) is 21.8. The number of allylic oxidation sites excluding steroid dienone is 4. The maximum absolute atomic E-state index is 13.3. The Morgan fingerprint density at radius 1 is 0.897 bits per heavy atom. The van der Waals surface area contributed by atoms with Gasteiger partial charge in [-0.1, -0.05) is 71.9 Å². The van der Waals surface area contributed by atoms with Gasteiger partial charge in [-0.25, -0.2) is 0 Å². The standard InChI is InChI=1S/C25H34O3Si/c1-16(2)29(17(3)4,18(5)6)28-20-12-13-21-23(14-20)25(27)22(15-24(21)26)19-10-8-7-9-11-19/h7-12,15-18,21,23H,13-14H2,1-6H3/t21-,23+/m0/s1. The molecule has 3 nitrogen and oxygen atoms in total. The van der Waals surface area contributed by atoms with Crippen LogP contribution in [0, 0.1) is 11.8 Å². The summed E-state index contributed by atoms with van der Waals surface area (Å²) in [5, 5.41) is 0. The molecule has 156 valence electrons. The van der Waals surface area contributed by atoms with Gasteiger partial charge in [0.1, 0.15) is 0 Å². The van der Waals surface area contributed by atoms with Crippen molar-refractivity contribution >= 4 is 25.5 Å². The lowest BCUT2D eigenvalue weighted by atomic mass is 9.70. The maximum Gasteiger partial charge on any atom is 0.258 e. The summed E-state index contributed by atoms with van der Waals surface area (Å²) in [5.41, 5.74) is 2.81. The summed E-state index contributed by atoms with van der Waals surface area (Å²) >= 11 is 0. The number of hydrogen-bond acceptors (Lipinski definition) is 3. The van der Waals surface area contributed by atoms with Crippen molar-refractivity contribution < 1.29 is 14.0 Å². The largest absolute Gasteiger partial charge is 0.546 e. The van der Waals surface area contributed by atoms with Crippen LogP contribution < -0.4 is 0 Å². The van der Waals surface area contributed by atoms with Gasteiger partial charge in [-0.2, -0.15) is 0 Å². The monoisotopic (exact) mass is 410 g/mol. The Hall–Kier alpha value is -1.94. The molecule has 0 radical (unpaired) electrons. The summed E-state index contributed by atoms with van der Waals surface area (Å²) < 4.78 is 6.85. The number of benzene rings is 1. The van der Waals surface area contributed by atoms with Crippen LogP contribution in [0.5, 0.6) is 0 Å². The normalized spacial score (nSPS) is 22.7. The van der Waals surface area contributed by atoms with E-state index in [0.29, 0.717) is 35.0 Å². The Balaban J connectivity index is 1.88. The summed E-state index contributed by atoms with van der Waals surface area (Å²) in [5.74, 6) is 0.547. The minimum Gasteiger partial charge on any atom is -0.546 e. The average molecular weight is 411 g/mol. The lowest BCUT2D eigenvalue weighted by Gasteiger charge is -2.44. The van der Waals surface area contributed by atoms with E-state index in [1.807, 2.05) is 30.3 Å². The lowest BCUT2D eigenvalue weighted by Crippen LogP contribution is -2.48. The molecule has 0 aliphatic heterocycles. The van der Waals surface area contributed by atoms with Gasteiger partial charge >= 0.3 is 0 Å². The number of rotatable bonds is 6. The molecular weight excluding hydrogens is 376 g/mol. The molecule has 0 amide bonds. The molecule has 29 heavy (non-hydrogen) atoms. The van der Waals surface area contributed by atoms with Crippen LogP contribution in [-0.2, 0) is 14.0 Å². The Labute approximate surface area is 176 Å². The SMILES string of the molecule is CC(C)[Si](OC1=CC[C@@H]2C(=O)C=C(c3ccccc3)C(=O)[C@@H]2C1)(C(C)C)C(C)C. The summed E-state index contributed by atoms with van der Waals surface area (Å²) in [6.07, 6.45) is 4.79. The molecule has 2 aliphatic rings. The van der Waals surface area contributed by atoms with E-state index in [9.17, 15) is 9.59 Å². The minimum absolute atomic E-state index is 0.0730. The van der Waals surface area contributed by atoms with Crippen molar-refractivity contribution in [3.05, 3.63) is 53.8 Å². The summed E-state index contributed by atoms with van der Waals surface area (Å²) in [4.78, 5) is 26.1. The van der Waals surface area contributed by atoms with Gasteiger partial charge in [-0.3, -0.25) is 9.59 Å². The Morgan fingerprint density at radius 3 is 2.03 bits per heavy atom. The van der Waals surface area contributed by atoms with Crippen molar-refractivity contribution in [3.8, 4) is 0 Å². The Morgan fingerprint density at radius 2 is 1.48 bits per heavy atom. The molecule has 0 bridgehead atoms. The number of hydrogen-bond donors (Lipinski definition) is 0. The van der Waals surface area contributed by atoms with Crippen LogP contribution >= 0.6 is 0 Å². The molecule has 3 rings (SSSR count). The first-order chi connectivity index (χ1) is 13.7. The third-order valence-corrected chi connectivity index (χ3v) is 12.9. The van der Waals surface area contributed by atoms with Crippen molar-refractivity contribution in [2.75, 3.05) is 0 Å². The van der Waals surface area contributed by atoms with Gasteiger partial charge in [0.2, 0.25) is 0 Å². The van der Waals surface area contributed by atoms with Gasteiger partial charge in [-0.15, -0.1) is 0 Å². The molecule has 0 unspecified atom stereocenters. The average Bonchev–Trinajstić information content (AvgIpc) is 2.68. The molecular formula is C25H34O3Si. The van der Waals surface area contributed by atoms with Gasteiger partial charge < -0.3 is 4.43 Å². The van der Waals surface area contributed by atoms with Crippen LogP contribution in [0.3, 0.4) is 0 Å². The predicted molar refractivity (Wildman–Crippen MR) is 121 cm³/mol. The summed E-state index contributed by atoms with van der Waals surface area (Å²) in [6.45, 7) is 13.6. The first-order valence-electron chi connectivity index (χ1n) is 10.9. The van der Waals surface area contributed by atoms with E-state index in [1.165, 1.54) is 0 Å². The van der Waals surface area contributed by atoms with E-state index in [2.05, 4.69) is 47.6 Å². The molecule has 0 spiro atoms. The second-order valence-electron chi connectivity index (χ2n) is 9.43. The molecule has 2 atom stereocenters. The molecule has 0 N–H and O–H groups in total. The predicted octanol–water partition coefficient (Wildman–Crippen LogP) is 6.32. The van der Waals surface area contributed by atoms with E-state index in [-0.39, 0.29) is 23.4 Å². The number of ketones is 2. The summed E-state index contributed by atoms with van der Waals surface area (Å²) in [6, 6.07) is 9.54. The van der Waals surface area contributed by atoms with Crippen LogP contribution in [0.1, 0.15) is 59.9 Å². The highest BCUT2D eigenvalue weighted by Gasteiger charge is 2.49. The van der Waals surface area contributed by atoms with E-state index in [4.69, 9.17) is 4.43 Å². The number of carbonyl (C=O) groups is 2. The molecule has 2 aliphatic carbocycles. The molecule has 0 saturated heterocycles. The van der Waals surface area contributed by atoms with Crippen molar-refractivity contribution in [1.29, 1.82) is 0 Å². The second kappa shape index (κ2) is 8.43. The maximum atomic E-state index is 13.3. The Kier molecular flexibility index (Phi) is 6.32.